The van der Waals surface area contributed by atoms with Crippen LogP contribution in [-0.2, 0) is 0 Å². The van der Waals surface area contributed by atoms with Crippen LogP contribution in [-0.4, -0.2) is 15.3 Å². The molecule has 0 aromatic heterocycles. The Kier molecular flexibility index (Phi) is 3.08. The van der Waals surface area contributed by atoms with Gasteiger partial charge in [-0.3, -0.25) is 0 Å². The minimum Gasteiger partial charge on any atom is -0.158 e. The second-order valence-corrected chi connectivity index (χ2v) is 7.41. The lowest BCUT2D eigenvalue weighted by Gasteiger charge is -2.08. The normalized spacial score (nSPS) is 42.2. The van der Waals surface area contributed by atoms with E-state index < -0.39 is 0 Å². The van der Waals surface area contributed by atoms with Crippen LogP contribution in [0.15, 0.2) is 0 Å². The van der Waals surface area contributed by atoms with E-state index in [1.807, 2.05) is 0 Å². The third kappa shape index (κ3) is 2.70. The summed E-state index contributed by atoms with van der Waals surface area (Å²) >= 11 is 14.0. The Bertz CT molecular complexity index is 193. The van der Waals surface area contributed by atoms with Gasteiger partial charge in [-0.15, -0.1) is 23.2 Å². The van der Waals surface area contributed by atoms with Crippen LogP contribution in [0.4, 0.5) is 0 Å². The molecule has 2 rings (SSSR count). The molecule has 2 aliphatic carbocycles. The van der Waals surface area contributed by atoms with Gasteiger partial charge in [-0.1, -0.05) is 6.92 Å². The molecule has 3 atom stereocenters. The van der Waals surface area contributed by atoms with Gasteiger partial charge >= 0.3 is 0 Å². The SMILES string of the molecule is CC1CCC(SCC2CC2(Cl)Cl)C1. The summed E-state index contributed by atoms with van der Waals surface area (Å²) in [5.41, 5.74) is 0. The summed E-state index contributed by atoms with van der Waals surface area (Å²) in [6.07, 6.45) is 5.21. The lowest BCUT2D eigenvalue weighted by Crippen LogP contribution is -2.01. The van der Waals surface area contributed by atoms with Crippen molar-refractivity contribution in [2.45, 2.75) is 42.2 Å². The standard InChI is InChI=1S/C10H16Cl2S/c1-7-2-3-9(4-7)13-6-8-5-10(8,11)12/h7-9H,2-6H2,1H3. The average Bonchev–Trinajstić information content (AvgIpc) is 2.45. The fraction of sp³-hybridized carbons (Fsp3) is 1.00. The van der Waals surface area contributed by atoms with Gasteiger partial charge < -0.3 is 0 Å². The summed E-state index contributed by atoms with van der Waals surface area (Å²) in [4.78, 5) is 0. The highest BCUT2D eigenvalue weighted by atomic mass is 35.5. The molecule has 0 saturated heterocycles. The Morgan fingerprint density at radius 3 is 2.54 bits per heavy atom. The first kappa shape index (κ1) is 10.4. The van der Waals surface area contributed by atoms with Gasteiger partial charge in [0, 0.05) is 11.2 Å². The molecule has 3 unspecified atom stereocenters. The van der Waals surface area contributed by atoms with Gasteiger partial charge in [0.05, 0.1) is 0 Å². The van der Waals surface area contributed by atoms with Crippen LogP contribution in [0.1, 0.15) is 32.6 Å². The summed E-state index contributed by atoms with van der Waals surface area (Å²) < 4.78 is -0.364. The number of halogens is 2. The van der Waals surface area contributed by atoms with E-state index in [-0.39, 0.29) is 4.33 Å². The molecule has 0 amide bonds. The van der Waals surface area contributed by atoms with Gasteiger partial charge in [0.1, 0.15) is 4.33 Å². The summed E-state index contributed by atoms with van der Waals surface area (Å²) in [6.45, 7) is 2.35. The topological polar surface area (TPSA) is 0 Å². The zero-order valence-corrected chi connectivity index (χ0v) is 10.3. The second kappa shape index (κ2) is 3.83. The summed E-state index contributed by atoms with van der Waals surface area (Å²) in [7, 11) is 0. The van der Waals surface area contributed by atoms with E-state index in [2.05, 4.69) is 18.7 Å². The zero-order valence-electron chi connectivity index (χ0n) is 7.93. The van der Waals surface area contributed by atoms with Crippen LogP contribution in [0.5, 0.6) is 0 Å². The number of thioether (sulfide) groups is 1. The lowest BCUT2D eigenvalue weighted by molar-refractivity contribution is 0.613. The number of hydrogen-bond acceptors (Lipinski definition) is 1. The minimum absolute atomic E-state index is 0.364. The molecule has 76 valence electrons. The maximum Gasteiger partial charge on any atom is 0.122 e. The third-order valence-electron chi connectivity index (χ3n) is 3.14. The van der Waals surface area contributed by atoms with Crippen molar-refractivity contribution in [1.29, 1.82) is 0 Å². The average molecular weight is 239 g/mol. The van der Waals surface area contributed by atoms with E-state index in [9.17, 15) is 0 Å². The molecule has 0 N–H and O–H groups in total. The van der Waals surface area contributed by atoms with E-state index in [1.165, 1.54) is 25.0 Å². The van der Waals surface area contributed by atoms with Crippen molar-refractivity contribution in [2.24, 2.45) is 11.8 Å². The van der Waals surface area contributed by atoms with Gasteiger partial charge in [0.15, 0.2) is 0 Å². The number of rotatable bonds is 3. The summed E-state index contributed by atoms with van der Waals surface area (Å²) in [6, 6.07) is 0. The molecule has 0 nitrogen and oxygen atoms in total. The fourth-order valence-electron chi connectivity index (χ4n) is 2.01. The quantitative estimate of drug-likeness (QED) is 0.668. The summed E-state index contributed by atoms with van der Waals surface area (Å²) in [5, 5.41) is 0.889. The Hall–Kier alpha value is 0.930. The minimum atomic E-state index is -0.364. The first-order valence-corrected chi connectivity index (χ1v) is 6.88. The molecule has 3 heteroatoms. The van der Waals surface area contributed by atoms with Crippen molar-refractivity contribution in [3.8, 4) is 0 Å². The van der Waals surface area contributed by atoms with Gasteiger partial charge in [0.2, 0.25) is 0 Å². The highest BCUT2D eigenvalue weighted by molar-refractivity contribution is 7.99. The molecule has 0 heterocycles. The van der Waals surface area contributed by atoms with Gasteiger partial charge in [0.25, 0.3) is 0 Å². The Labute approximate surface area is 94.7 Å². The van der Waals surface area contributed by atoms with Crippen LogP contribution in [0.2, 0.25) is 0 Å². The molecule has 0 aromatic rings. The van der Waals surface area contributed by atoms with Crippen molar-refractivity contribution in [1.82, 2.24) is 0 Å². The fourth-order valence-corrected chi connectivity index (χ4v) is 4.39. The number of alkyl halides is 2. The van der Waals surface area contributed by atoms with E-state index in [0.717, 1.165) is 17.6 Å². The van der Waals surface area contributed by atoms with Crippen LogP contribution < -0.4 is 0 Å². The van der Waals surface area contributed by atoms with E-state index in [0.29, 0.717) is 5.92 Å². The smallest absolute Gasteiger partial charge is 0.122 e. The predicted octanol–water partition coefficient (Wildman–Crippen LogP) is 4.10. The molecule has 2 fully saturated rings. The van der Waals surface area contributed by atoms with E-state index in [1.54, 1.807) is 0 Å². The van der Waals surface area contributed by atoms with Crippen LogP contribution in [0.25, 0.3) is 0 Å². The molecule has 0 spiro atoms. The maximum atomic E-state index is 5.97. The molecule has 0 radical (unpaired) electrons. The molecular weight excluding hydrogens is 223 g/mol. The summed E-state index contributed by atoms with van der Waals surface area (Å²) in [5.74, 6) is 2.68. The van der Waals surface area contributed by atoms with Crippen LogP contribution >= 0.6 is 35.0 Å². The van der Waals surface area contributed by atoms with Gasteiger partial charge in [-0.2, -0.15) is 11.8 Å². The zero-order chi connectivity index (χ0) is 9.47. The highest BCUT2D eigenvalue weighted by Crippen LogP contribution is 2.55. The Morgan fingerprint density at radius 1 is 1.38 bits per heavy atom. The molecule has 2 saturated carbocycles. The van der Waals surface area contributed by atoms with Crippen molar-refractivity contribution in [3.05, 3.63) is 0 Å². The van der Waals surface area contributed by atoms with Crippen LogP contribution in [0.3, 0.4) is 0 Å². The highest BCUT2D eigenvalue weighted by Gasteiger charge is 2.51. The molecule has 2 aliphatic rings. The van der Waals surface area contributed by atoms with Gasteiger partial charge in [-0.05, 0) is 37.4 Å². The van der Waals surface area contributed by atoms with Crippen molar-refractivity contribution in [2.75, 3.05) is 5.75 Å². The first-order valence-electron chi connectivity index (χ1n) is 5.07. The number of hydrogen-bond donors (Lipinski definition) is 0. The molecule has 13 heavy (non-hydrogen) atoms. The molecule has 0 aliphatic heterocycles. The second-order valence-electron chi connectivity index (χ2n) is 4.54. The molecule has 0 bridgehead atoms. The van der Waals surface area contributed by atoms with E-state index in [4.69, 9.17) is 23.2 Å². The van der Waals surface area contributed by atoms with Gasteiger partial charge in [-0.25, -0.2) is 0 Å². The largest absolute Gasteiger partial charge is 0.158 e. The van der Waals surface area contributed by atoms with Crippen molar-refractivity contribution < 1.29 is 0 Å². The maximum absolute atomic E-state index is 5.97. The van der Waals surface area contributed by atoms with Crippen LogP contribution in [0, 0.1) is 11.8 Å². The Morgan fingerprint density at radius 2 is 2.08 bits per heavy atom. The molecular formula is C10H16Cl2S. The molecule has 0 aromatic carbocycles. The van der Waals surface area contributed by atoms with Crippen molar-refractivity contribution in [3.63, 3.8) is 0 Å². The predicted molar refractivity (Wildman–Crippen MR) is 61.8 cm³/mol. The van der Waals surface area contributed by atoms with Crippen molar-refractivity contribution >= 4 is 35.0 Å². The van der Waals surface area contributed by atoms with E-state index >= 15 is 0 Å². The first-order chi connectivity index (χ1) is 6.08. The third-order valence-corrected chi connectivity index (χ3v) is 5.56. The lowest BCUT2D eigenvalue weighted by atomic mass is 10.1. The monoisotopic (exact) mass is 238 g/mol. The Balaban J connectivity index is 1.64.